The summed E-state index contributed by atoms with van der Waals surface area (Å²) in [7, 11) is 0. The van der Waals surface area contributed by atoms with E-state index in [-0.39, 0.29) is 0 Å². The third-order valence-corrected chi connectivity index (χ3v) is 5.03. The second-order valence-electron chi connectivity index (χ2n) is 5.25. The first-order chi connectivity index (χ1) is 11.8. The van der Waals surface area contributed by atoms with Crippen LogP contribution in [0.25, 0.3) is 21.5 Å². The van der Waals surface area contributed by atoms with Gasteiger partial charge in [0.25, 0.3) is 0 Å². The molecule has 0 fully saturated rings. The Kier molecular flexibility index (Phi) is 4.23. The number of hydrogen-bond donors (Lipinski definition) is 1. The molecule has 118 valence electrons. The summed E-state index contributed by atoms with van der Waals surface area (Å²) < 4.78 is 1.06. The van der Waals surface area contributed by atoms with Crippen molar-refractivity contribution in [2.45, 2.75) is 6.54 Å². The summed E-state index contributed by atoms with van der Waals surface area (Å²) in [6, 6.07) is 20.2. The number of benzene rings is 2. The van der Waals surface area contributed by atoms with Gasteiger partial charge in [0.1, 0.15) is 15.8 Å². The van der Waals surface area contributed by atoms with Crippen LogP contribution < -0.4 is 5.32 Å². The molecule has 2 aromatic carbocycles. The molecule has 0 aliphatic rings. The van der Waals surface area contributed by atoms with Crippen LogP contribution in [-0.2, 0) is 6.54 Å². The highest BCUT2D eigenvalue weighted by Crippen LogP contribution is 2.24. The Bertz CT molecular complexity index is 985. The van der Waals surface area contributed by atoms with Gasteiger partial charge in [-0.2, -0.15) is 0 Å². The molecule has 0 aliphatic carbocycles. The van der Waals surface area contributed by atoms with Crippen LogP contribution in [0.4, 0.5) is 5.82 Å². The highest BCUT2D eigenvalue weighted by Gasteiger charge is 2.06. The van der Waals surface area contributed by atoms with Crippen molar-refractivity contribution in [1.82, 2.24) is 15.2 Å². The van der Waals surface area contributed by atoms with Crippen molar-refractivity contribution in [2.24, 2.45) is 0 Å². The molecule has 2 aromatic heterocycles. The molecular weight excluding hydrogens is 384 g/mol. The first kappa shape index (κ1) is 15.2. The Morgan fingerprint density at radius 3 is 2.71 bits per heavy atom. The van der Waals surface area contributed by atoms with E-state index in [1.807, 2.05) is 48.5 Å². The molecular formula is C18H13BrN4S. The lowest BCUT2D eigenvalue weighted by molar-refractivity contribution is 0.987. The lowest BCUT2D eigenvalue weighted by Gasteiger charge is -2.05. The summed E-state index contributed by atoms with van der Waals surface area (Å²) >= 11 is 5.07. The molecule has 6 heteroatoms. The van der Waals surface area contributed by atoms with Crippen LogP contribution in [0, 0.1) is 0 Å². The number of nitrogens with one attached hydrogen (secondary N) is 1. The van der Waals surface area contributed by atoms with E-state index in [2.05, 4.69) is 48.6 Å². The second-order valence-corrected chi connectivity index (χ2v) is 7.23. The van der Waals surface area contributed by atoms with Gasteiger partial charge in [-0.25, -0.2) is 4.98 Å². The van der Waals surface area contributed by atoms with Gasteiger partial charge < -0.3 is 5.32 Å². The molecule has 0 amide bonds. The SMILES string of the molecule is Brc1ccc2nc(NCc3nnc(-c4ccccc4)s3)ccc2c1. The van der Waals surface area contributed by atoms with Gasteiger partial charge in [-0.05, 0) is 30.3 Å². The molecule has 24 heavy (non-hydrogen) atoms. The zero-order chi connectivity index (χ0) is 16.4. The van der Waals surface area contributed by atoms with Crippen LogP contribution in [0.15, 0.2) is 65.1 Å². The second kappa shape index (κ2) is 6.67. The van der Waals surface area contributed by atoms with Gasteiger partial charge in [0, 0.05) is 15.4 Å². The molecule has 0 spiro atoms. The molecule has 0 saturated heterocycles. The molecule has 4 nitrogen and oxygen atoms in total. The van der Waals surface area contributed by atoms with E-state index < -0.39 is 0 Å². The van der Waals surface area contributed by atoms with Crippen molar-refractivity contribution in [2.75, 3.05) is 5.32 Å². The average molecular weight is 397 g/mol. The number of rotatable bonds is 4. The number of pyridine rings is 1. The molecule has 0 radical (unpaired) electrons. The summed E-state index contributed by atoms with van der Waals surface area (Å²) in [5.41, 5.74) is 2.06. The Morgan fingerprint density at radius 1 is 0.958 bits per heavy atom. The van der Waals surface area contributed by atoms with E-state index in [0.717, 1.165) is 36.8 Å². The molecule has 0 atom stereocenters. The smallest absolute Gasteiger partial charge is 0.147 e. The topological polar surface area (TPSA) is 50.7 Å². The number of aromatic nitrogens is 3. The third-order valence-electron chi connectivity index (χ3n) is 3.56. The maximum atomic E-state index is 4.62. The molecule has 4 rings (SSSR count). The summed E-state index contributed by atoms with van der Waals surface area (Å²) in [4.78, 5) is 4.62. The maximum Gasteiger partial charge on any atom is 0.147 e. The van der Waals surface area contributed by atoms with E-state index in [1.54, 1.807) is 11.3 Å². The molecule has 0 unspecified atom stereocenters. The first-order valence-electron chi connectivity index (χ1n) is 7.46. The largest absolute Gasteiger partial charge is 0.363 e. The zero-order valence-electron chi connectivity index (χ0n) is 12.6. The van der Waals surface area contributed by atoms with Crippen LogP contribution in [0.2, 0.25) is 0 Å². The summed E-state index contributed by atoms with van der Waals surface area (Å²) in [5, 5.41) is 14.8. The number of fused-ring (bicyclic) bond motifs is 1. The van der Waals surface area contributed by atoms with E-state index >= 15 is 0 Å². The number of nitrogens with zero attached hydrogens (tertiary/aromatic N) is 3. The minimum absolute atomic E-state index is 0.611. The van der Waals surface area contributed by atoms with Gasteiger partial charge in [0.05, 0.1) is 12.1 Å². The minimum Gasteiger partial charge on any atom is -0.363 e. The van der Waals surface area contributed by atoms with Gasteiger partial charge in [0.2, 0.25) is 0 Å². The number of anilines is 1. The zero-order valence-corrected chi connectivity index (χ0v) is 15.0. The monoisotopic (exact) mass is 396 g/mol. The van der Waals surface area contributed by atoms with E-state index in [0.29, 0.717) is 6.54 Å². The molecule has 0 aliphatic heterocycles. The summed E-state index contributed by atoms with van der Waals surface area (Å²) in [5.74, 6) is 0.835. The molecule has 4 aromatic rings. The minimum atomic E-state index is 0.611. The highest BCUT2D eigenvalue weighted by atomic mass is 79.9. The van der Waals surface area contributed by atoms with Gasteiger partial charge in [-0.15, -0.1) is 10.2 Å². The highest BCUT2D eigenvalue weighted by molar-refractivity contribution is 9.10. The van der Waals surface area contributed by atoms with Crippen LogP contribution in [0.5, 0.6) is 0 Å². The number of halogens is 1. The summed E-state index contributed by atoms with van der Waals surface area (Å²) in [6.45, 7) is 0.611. The van der Waals surface area contributed by atoms with Gasteiger partial charge >= 0.3 is 0 Å². The Morgan fingerprint density at radius 2 is 1.83 bits per heavy atom. The van der Waals surface area contributed by atoms with Gasteiger partial charge in [0.15, 0.2) is 0 Å². The first-order valence-corrected chi connectivity index (χ1v) is 9.07. The molecule has 0 saturated carbocycles. The fraction of sp³-hybridized carbons (Fsp3) is 0.0556. The van der Waals surface area contributed by atoms with E-state index in [9.17, 15) is 0 Å². The van der Waals surface area contributed by atoms with Gasteiger partial charge in [-0.1, -0.05) is 57.6 Å². The predicted molar refractivity (Wildman–Crippen MR) is 102 cm³/mol. The lowest BCUT2D eigenvalue weighted by atomic mass is 10.2. The van der Waals surface area contributed by atoms with Crippen molar-refractivity contribution in [1.29, 1.82) is 0 Å². The Balaban J connectivity index is 1.49. The van der Waals surface area contributed by atoms with Crippen molar-refractivity contribution >= 4 is 44.0 Å². The maximum absolute atomic E-state index is 4.62. The fourth-order valence-electron chi connectivity index (χ4n) is 2.38. The fourth-order valence-corrected chi connectivity index (χ4v) is 3.55. The molecule has 0 bridgehead atoms. The van der Waals surface area contributed by atoms with Crippen molar-refractivity contribution < 1.29 is 0 Å². The quantitative estimate of drug-likeness (QED) is 0.519. The lowest BCUT2D eigenvalue weighted by Crippen LogP contribution is -2.00. The standard InChI is InChI=1S/C18H13BrN4S/c19-14-7-8-15-13(10-14)6-9-16(21-15)20-11-17-22-23-18(24-17)12-4-2-1-3-5-12/h1-10H,11H2,(H,20,21). The van der Waals surface area contributed by atoms with E-state index in [1.165, 1.54) is 0 Å². The van der Waals surface area contributed by atoms with Crippen molar-refractivity contribution in [3.8, 4) is 10.6 Å². The molecule has 1 N–H and O–H groups in total. The average Bonchev–Trinajstić information content (AvgIpc) is 3.10. The number of hydrogen-bond acceptors (Lipinski definition) is 5. The Hall–Kier alpha value is -2.31. The predicted octanol–water partition coefficient (Wildman–Crippen LogP) is 5.13. The third kappa shape index (κ3) is 3.29. The van der Waals surface area contributed by atoms with Crippen LogP contribution >= 0.6 is 27.3 Å². The Labute approximate surface area is 151 Å². The van der Waals surface area contributed by atoms with E-state index in [4.69, 9.17) is 0 Å². The normalized spacial score (nSPS) is 10.9. The van der Waals surface area contributed by atoms with Crippen molar-refractivity contribution in [3.05, 3.63) is 70.1 Å². The van der Waals surface area contributed by atoms with Crippen molar-refractivity contribution in [3.63, 3.8) is 0 Å². The summed E-state index contributed by atoms with van der Waals surface area (Å²) in [6.07, 6.45) is 0. The molecule has 2 heterocycles. The van der Waals surface area contributed by atoms with Crippen LogP contribution in [0.1, 0.15) is 5.01 Å². The van der Waals surface area contributed by atoms with Gasteiger partial charge in [-0.3, -0.25) is 0 Å². The van der Waals surface area contributed by atoms with Crippen LogP contribution in [-0.4, -0.2) is 15.2 Å². The van der Waals surface area contributed by atoms with Crippen LogP contribution in [0.3, 0.4) is 0 Å².